The van der Waals surface area contributed by atoms with Gasteiger partial charge in [0.2, 0.25) is 12.6 Å². The summed E-state index contributed by atoms with van der Waals surface area (Å²) in [6.45, 7) is 4.65. The maximum Gasteiger partial charge on any atom is 0.344 e. The molecule has 0 radical (unpaired) electrons. The number of rotatable bonds is 8. The quantitative estimate of drug-likeness (QED) is 0.381. The molecule has 0 bridgehead atoms. The van der Waals surface area contributed by atoms with Gasteiger partial charge in [0, 0.05) is 34.3 Å². The zero-order valence-corrected chi connectivity index (χ0v) is 18.5. The van der Waals surface area contributed by atoms with Crippen molar-refractivity contribution in [2.45, 2.75) is 20.8 Å². The number of ketones is 2. The molecular weight excluding hydrogens is 426 g/mol. The number of benzene rings is 2. The van der Waals surface area contributed by atoms with E-state index in [4.69, 9.17) is 18.9 Å². The average Bonchev–Trinajstić information content (AvgIpc) is 3.39. The lowest BCUT2D eigenvalue weighted by atomic mass is 10.1. The highest BCUT2D eigenvalue weighted by Gasteiger charge is 2.20. The van der Waals surface area contributed by atoms with Gasteiger partial charge in [-0.2, -0.15) is 0 Å². The Labute approximate surface area is 190 Å². The van der Waals surface area contributed by atoms with Crippen molar-refractivity contribution >= 4 is 17.5 Å². The molecule has 3 aromatic rings. The summed E-state index contributed by atoms with van der Waals surface area (Å²) >= 11 is 0. The van der Waals surface area contributed by atoms with Crippen molar-refractivity contribution in [1.29, 1.82) is 0 Å². The number of fused-ring (bicyclic) bond motifs is 1. The Bertz CT molecular complexity index is 1220. The molecule has 0 spiro atoms. The van der Waals surface area contributed by atoms with Crippen molar-refractivity contribution in [3.63, 3.8) is 0 Å². The van der Waals surface area contributed by atoms with Crippen LogP contribution in [0, 0.1) is 13.8 Å². The molecule has 2 heterocycles. The van der Waals surface area contributed by atoms with E-state index in [2.05, 4.69) is 0 Å². The average molecular weight is 449 g/mol. The topological polar surface area (TPSA) is 93.1 Å². The minimum absolute atomic E-state index is 0.0580. The molecule has 1 aliphatic heterocycles. The molecule has 1 aromatic heterocycles. The molecular formula is C25H23NO7. The first-order valence-corrected chi connectivity index (χ1v) is 10.3. The van der Waals surface area contributed by atoms with Gasteiger partial charge in [-0.25, -0.2) is 4.79 Å². The van der Waals surface area contributed by atoms with Gasteiger partial charge >= 0.3 is 5.97 Å². The van der Waals surface area contributed by atoms with Gasteiger partial charge in [-0.3, -0.25) is 9.59 Å². The Kier molecular flexibility index (Phi) is 6.17. The molecule has 0 saturated heterocycles. The van der Waals surface area contributed by atoms with Crippen LogP contribution in [0.2, 0.25) is 0 Å². The highest BCUT2D eigenvalue weighted by Crippen LogP contribution is 2.35. The van der Waals surface area contributed by atoms with Gasteiger partial charge in [0.1, 0.15) is 5.75 Å². The molecule has 2 aromatic carbocycles. The van der Waals surface area contributed by atoms with E-state index in [-0.39, 0.29) is 25.0 Å². The van der Waals surface area contributed by atoms with Gasteiger partial charge in [-0.15, -0.1) is 0 Å². The van der Waals surface area contributed by atoms with Crippen LogP contribution in [-0.2, 0) is 9.53 Å². The van der Waals surface area contributed by atoms with Crippen molar-refractivity contribution in [1.82, 2.24) is 4.57 Å². The van der Waals surface area contributed by atoms with Crippen molar-refractivity contribution in [3.8, 4) is 22.9 Å². The highest BCUT2D eigenvalue weighted by atomic mass is 16.7. The standard InChI is InChI=1S/C25H23NO7/c1-15-10-21(16(2)26(15)19-6-9-23-24(11-19)33-14-32-23)22(28)12-31-25(29)13-30-20-7-4-18(5-8-20)17(3)27/h4-11H,12-14H2,1-3H3. The Morgan fingerprint density at radius 1 is 0.939 bits per heavy atom. The lowest BCUT2D eigenvalue weighted by molar-refractivity contribution is -0.144. The number of aromatic nitrogens is 1. The first kappa shape index (κ1) is 22.1. The second-order valence-electron chi connectivity index (χ2n) is 7.61. The van der Waals surface area contributed by atoms with E-state index in [1.807, 2.05) is 36.6 Å². The zero-order valence-electron chi connectivity index (χ0n) is 18.5. The lowest BCUT2D eigenvalue weighted by Crippen LogP contribution is -2.19. The fourth-order valence-electron chi connectivity index (χ4n) is 3.66. The molecule has 1 aliphatic rings. The molecule has 4 rings (SSSR count). The number of nitrogens with zero attached hydrogens (tertiary/aromatic N) is 1. The predicted molar refractivity (Wildman–Crippen MR) is 119 cm³/mol. The minimum atomic E-state index is -0.663. The number of hydrogen-bond donors (Lipinski definition) is 0. The summed E-state index contributed by atoms with van der Waals surface area (Å²) in [5, 5.41) is 0. The summed E-state index contributed by atoms with van der Waals surface area (Å²) in [5.41, 5.74) is 3.45. The molecule has 0 N–H and O–H groups in total. The van der Waals surface area contributed by atoms with Crippen LogP contribution in [0.4, 0.5) is 0 Å². The van der Waals surface area contributed by atoms with Crippen LogP contribution in [0.25, 0.3) is 5.69 Å². The third-order valence-electron chi connectivity index (χ3n) is 5.33. The van der Waals surface area contributed by atoms with Crippen LogP contribution in [0.15, 0.2) is 48.5 Å². The number of aryl methyl sites for hydroxylation is 1. The van der Waals surface area contributed by atoms with E-state index >= 15 is 0 Å². The van der Waals surface area contributed by atoms with Crippen molar-refractivity contribution < 1.29 is 33.3 Å². The fraction of sp³-hybridized carbons (Fsp3) is 0.240. The summed E-state index contributed by atoms with van der Waals surface area (Å²) in [6, 6.07) is 13.8. The Hall–Kier alpha value is -4.07. The van der Waals surface area contributed by atoms with Gasteiger partial charge < -0.3 is 23.5 Å². The SMILES string of the molecule is CC(=O)c1ccc(OCC(=O)OCC(=O)c2cc(C)n(-c3ccc4c(c3)OCO4)c2C)cc1. The van der Waals surface area contributed by atoms with Gasteiger partial charge in [0.15, 0.2) is 30.5 Å². The molecule has 33 heavy (non-hydrogen) atoms. The predicted octanol–water partition coefficient (Wildman–Crippen LogP) is 3.83. The first-order valence-electron chi connectivity index (χ1n) is 10.3. The van der Waals surface area contributed by atoms with Crippen LogP contribution in [0.5, 0.6) is 17.2 Å². The van der Waals surface area contributed by atoms with Crippen LogP contribution in [0.1, 0.15) is 39.0 Å². The molecule has 0 amide bonds. The summed E-state index contributed by atoms with van der Waals surface area (Å²) < 4.78 is 23.2. The van der Waals surface area contributed by atoms with Gasteiger partial charge in [0.25, 0.3) is 0 Å². The molecule has 0 saturated carbocycles. The molecule has 0 fully saturated rings. The van der Waals surface area contributed by atoms with E-state index in [0.29, 0.717) is 28.4 Å². The van der Waals surface area contributed by atoms with E-state index < -0.39 is 12.6 Å². The van der Waals surface area contributed by atoms with E-state index in [1.54, 1.807) is 30.3 Å². The van der Waals surface area contributed by atoms with Crippen molar-refractivity contribution in [2.24, 2.45) is 0 Å². The monoisotopic (exact) mass is 449 g/mol. The normalized spacial score (nSPS) is 11.8. The van der Waals surface area contributed by atoms with Crippen LogP contribution in [0.3, 0.4) is 0 Å². The maximum atomic E-state index is 12.7. The van der Waals surface area contributed by atoms with Crippen LogP contribution < -0.4 is 14.2 Å². The second kappa shape index (κ2) is 9.20. The molecule has 8 heteroatoms. The summed E-state index contributed by atoms with van der Waals surface area (Å²) in [7, 11) is 0. The van der Waals surface area contributed by atoms with Crippen molar-refractivity contribution in [2.75, 3.05) is 20.0 Å². The molecule has 0 aliphatic carbocycles. The first-order chi connectivity index (χ1) is 15.8. The van der Waals surface area contributed by atoms with E-state index in [0.717, 1.165) is 17.1 Å². The Balaban J connectivity index is 1.36. The Morgan fingerprint density at radius 3 is 2.39 bits per heavy atom. The highest BCUT2D eigenvalue weighted by molar-refractivity contribution is 5.99. The molecule has 8 nitrogen and oxygen atoms in total. The maximum absolute atomic E-state index is 12.7. The number of hydrogen-bond acceptors (Lipinski definition) is 7. The smallest absolute Gasteiger partial charge is 0.344 e. The van der Waals surface area contributed by atoms with E-state index in [9.17, 15) is 14.4 Å². The number of esters is 1. The summed E-state index contributed by atoms with van der Waals surface area (Å²) in [5.74, 6) is 0.727. The molecule has 0 unspecified atom stereocenters. The number of ether oxygens (including phenoxy) is 4. The Morgan fingerprint density at radius 2 is 1.67 bits per heavy atom. The molecule has 170 valence electrons. The largest absolute Gasteiger partial charge is 0.482 e. The van der Waals surface area contributed by atoms with E-state index in [1.165, 1.54) is 6.92 Å². The van der Waals surface area contributed by atoms with Gasteiger partial charge in [-0.1, -0.05) is 0 Å². The van der Waals surface area contributed by atoms with Crippen molar-refractivity contribution in [3.05, 3.63) is 71.0 Å². The minimum Gasteiger partial charge on any atom is -0.482 e. The fourth-order valence-corrected chi connectivity index (χ4v) is 3.66. The third kappa shape index (κ3) is 4.74. The second-order valence-corrected chi connectivity index (χ2v) is 7.61. The van der Waals surface area contributed by atoms with Gasteiger partial charge in [-0.05, 0) is 63.2 Å². The molecule has 0 atom stereocenters. The van der Waals surface area contributed by atoms with Gasteiger partial charge in [0.05, 0.1) is 0 Å². The number of carbonyl (C=O) groups excluding carboxylic acids is 3. The number of Topliss-reactive ketones (excluding diaryl/α,β-unsaturated/α-hetero) is 2. The van der Waals surface area contributed by atoms with Crippen LogP contribution >= 0.6 is 0 Å². The summed E-state index contributed by atoms with van der Waals surface area (Å²) in [4.78, 5) is 36.1. The van der Waals surface area contributed by atoms with Crippen LogP contribution in [-0.4, -0.2) is 42.1 Å². The number of carbonyl (C=O) groups is 3. The zero-order chi connectivity index (χ0) is 23.5. The lowest BCUT2D eigenvalue weighted by Gasteiger charge is -2.11. The summed E-state index contributed by atoms with van der Waals surface area (Å²) in [6.07, 6.45) is 0. The third-order valence-corrected chi connectivity index (χ3v) is 5.33.